The standard InChI is InChI=1S/C21H19F2N3O2/c1-12(2)18(26-20(27)17-14(22)8-4-9-15(17)23)21(28)25-16-10-3-6-13-7-5-11-24-19(13)16/h3-12,18H,1-2H3,(H,25,28)(H,26,27)/t18-/m0/s1. The molecule has 0 saturated carbocycles. The number of rotatable bonds is 5. The molecule has 0 bridgehead atoms. The fraction of sp³-hybridized carbons (Fsp3) is 0.190. The first-order valence-electron chi connectivity index (χ1n) is 8.78. The Morgan fingerprint density at radius 2 is 1.61 bits per heavy atom. The average Bonchev–Trinajstić information content (AvgIpc) is 2.66. The molecule has 0 aliphatic carbocycles. The van der Waals surface area contributed by atoms with Crippen LogP contribution in [0.25, 0.3) is 10.9 Å². The summed E-state index contributed by atoms with van der Waals surface area (Å²) in [6.07, 6.45) is 1.61. The highest BCUT2D eigenvalue weighted by atomic mass is 19.1. The van der Waals surface area contributed by atoms with Crippen LogP contribution in [0.1, 0.15) is 24.2 Å². The van der Waals surface area contributed by atoms with Gasteiger partial charge in [-0.3, -0.25) is 14.6 Å². The van der Waals surface area contributed by atoms with Gasteiger partial charge in [-0.25, -0.2) is 8.78 Å². The maximum absolute atomic E-state index is 13.9. The van der Waals surface area contributed by atoms with Crippen LogP contribution in [0.5, 0.6) is 0 Å². The zero-order chi connectivity index (χ0) is 20.3. The highest BCUT2D eigenvalue weighted by Crippen LogP contribution is 2.21. The van der Waals surface area contributed by atoms with Crippen molar-refractivity contribution in [2.75, 3.05) is 5.32 Å². The number of hydrogen-bond acceptors (Lipinski definition) is 3. The molecule has 144 valence electrons. The Kier molecular flexibility index (Phi) is 5.63. The van der Waals surface area contributed by atoms with Crippen molar-refractivity contribution in [3.63, 3.8) is 0 Å². The second kappa shape index (κ2) is 8.12. The summed E-state index contributed by atoms with van der Waals surface area (Å²) in [4.78, 5) is 29.4. The Hall–Kier alpha value is -3.35. The van der Waals surface area contributed by atoms with E-state index in [0.717, 1.165) is 17.5 Å². The number of aromatic nitrogens is 1. The van der Waals surface area contributed by atoms with Gasteiger partial charge in [0.2, 0.25) is 5.91 Å². The lowest BCUT2D eigenvalue weighted by molar-refractivity contribution is -0.118. The topological polar surface area (TPSA) is 71.1 Å². The maximum atomic E-state index is 13.9. The summed E-state index contributed by atoms with van der Waals surface area (Å²) in [7, 11) is 0. The fourth-order valence-corrected chi connectivity index (χ4v) is 2.88. The number of nitrogens with zero attached hydrogens (tertiary/aromatic N) is 1. The van der Waals surface area contributed by atoms with Gasteiger partial charge in [0.25, 0.3) is 5.91 Å². The van der Waals surface area contributed by atoms with Crippen molar-refractivity contribution in [1.29, 1.82) is 0 Å². The van der Waals surface area contributed by atoms with Crippen LogP contribution in [0.2, 0.25) is 0 Å². The van der Waals surface area contributed by atoms with Crippen molar-refractivity contribution in [1.82, 2.24) is 10.3 Å². The van der Waals surface area contributed by atoms with Crippen molar-refractivity contribution in [3.8, 4) is 0 Å². The summed E-state index contributed by atoms with van der Waals surface area (Å²) in [6.45, 7) is 3.45. The van der Waals surface area contributed by atoms with Gasteiger partial charge >= 0.3 is 0 Å². The Bertz CT molecular complexity index is 1010. The van der Waals surface area contributed by atoms with Crippen LogP contribution >= 0.6 is 0 Å². The summed E-state index contributed by atoms with van der Waals surface area (Å²) in [5, 5.41) is 6.03. The van der Waals surface area contributed by atoms with Crippen LogP contribution in [0.15, 0.2) is 54.7 Å². The molecule has 1 heterocycles. The van der Waals surface area contributed by atoms with Crippen LogP contribution < -0.4 is 10.6 Å². The zero-order valence-corrected chi connectivity index (χ0v) is 15.4. The molecule has 3 rings (SSSR count). The number of benzene rings is 2. The first kappa shape index (κ1) is 19.4. The van der Waals surface area contributed by atoms with Gasteiger partial charge in [0.1, 0.15) is 23.2 Å². The molecule has 0 aliphatic rings. The lowest BCUT2D eigenvalue weighted by Gasteiger charge is -2.22. The number of anilines is 1. The van der Waals surface area contributed by atoms with E-state index in [1.807, 2.05) is 12.1 Å². The molecular weight excluding hydrogens is 364 g/mol. The normalized spacial score (nSPS) is 12.0. The van der Waals surface area contributed by atoms with Gasteiger partial charge in [-0.1, -0.05) is 38.1 Å². The number of para-hydroxylation sites is 1. The molecule has 1 atom stereocenters. The van der Waals surface area contributed by atoms with Crippen molar-refractivity contribution >= 4 is 28.4 Å². The summed E-state index contributed by atoms with van der Waals surface area (Å²) >= 11 is 0. The Morgan fingerprint density at radius 3 is 2.29 bits per heavy atom. The van der Waals surface area contributed by atoms with E-state index in [1.54, 1.807) is 38.2 Å². The minimum Gasteiger partial charge on any atom is -0.340 e. The Morgan fingerprint density at radius 1 is 0.964 bits per heavy atom. The monoisotopic (exact) mass is 383 g/mol. The molecular formula is C21H19F2N3O2. The van der Waals surface area contributed by atoms with Gasteiger partial charge in [-0.2, -0.15) is 0 Å². The number of amides is 2. The van der Waals surface area contributed by atoms with Crippen molar-refractivity contribution in [2.45, 2.75) is 19.9 Å². The number of nitrogens with one attached hydrogen (secondary N) is 2. The van der Waals surface area contributed by atoms with E-state index in [9.17, 15) is 18.4 Å². The molecule has 0 radical (unpaired) electrons. The van der Waals surface area contributed by atoms with Crippen LogP contribution in [-0.4, -0.2) is 22.8 Å². The van der Waals surface area contributed by atoms with Gasteiger partial charge in [0.05, 0.1) is 11.2 Å². The molecule has 0 aliphatic heterocycles. The first-order valence-corrected chi connectivity index (χ1v) is 8.78. The molecule has 7 heteroatoms. The molecule has 3 aromatic rings. The van der Waals surface area contributed by atoms with Crippen LogP contribution in [0.3, 0.4) is 0 Å². The van der Waals surface area contributed by atoms with Gasteiger partial charge in [-0.05, 0) is 30.2 Å². The molecule has 5 nitrogen and oxygen atoms in total. The van der Waals surface area contributed by atoms with Crippen LogP contribution in [0.4, 0.5) is 14.5 Å². The van der Waals surface area contributed by atoms with Crippen molar-refractivity contribution in [3.05, 3.63) is 71.9 Å². The smallest absolute Gasteiger partial charge is 0.257 e. The molecule has 2 aromatic carbocycles. The SMILES string of the molecule is CC(C)[C@H](NC(=O)c1c(F)cccc1F)C(=O)Nc1cccc2cccnc12. The predicted molar refractivity (Wildman–Crippen MR) is 103 cm³/mol. The maximum Gasteiger partial charge on any atom is 0.257 e. The minimum atomic E-state index is -0.995. The fourth-order valence-electron chi connectivity index (χ4n) is 2.88. The van der Waals surface area contributed by atoms with Crippen molar-refractivity contribution in [2.24, 2.45) is 5.92 Å². The largest absolute Gasteiger partial charge is 0.340 e. The number of carbonyl (C=O) groups excluding carboxylic acids is 2. The summed E-state index contributed by atoms with van der Waals surface area (Å²) in [5.74, 6) is -3.78. The van der Waals surface area contributed by atoms with E-state index < -0.39 is 35.1 Å². The van der Waals surface area contributed by atoms with Crippen LogP contribution in [-0.2, 0) is 4.79 Å². The second-order valence-electron chi connectivity index (χ2n) is 6.66. The number of pyridine rings is 1. The third kappa shape index (κ3) is 3.98. The number of fused-ring (bicyclic) bond motifs is 1. The highest BCUT2D eigenvalue weighted by Gasteiger charge is 2.27. The van der Waals surface area contributed by atoms with Gasteiger partial charge in [-0.15, -0.1) is 0 Å². The molecule has 28 heavy (non-hydrogen) atoms. The van der Waals surface area contributed by atoms with Gasteiger partial charge in [0, 0.05) is 11.6 Å². The lowest BCUT2D eigenvalue weighted by atomic mass is 10.0. The van der Waals surface area contributed by atoms with E-state index in [-0.39, 0.29) is 5.92 Å². The summed E-state index contributed by atoms with van der Waals surface area (Å²) in [6, 6.07) is 11.1. The molecule has 0 spiro atoms. The van der Waals surface area contributed by atoms with E-state index in [2.05, 4.69) is 15.6 Å². The number of hydrogen-bond donors (Lipinski definition) is 2. The van der Waals surface area contributed by atoms with Crippen LogP contribution in [0, 0.1) is 17.6 Å². The molecule has 2 amide bonds. The van der Waals surface area contributed by atoms with E-state index in [0.29, 0.717) is 11.2 Å². The van der Waals surface area contributed by atoms with Gasteiger partial charge in [0.15, 0.2) is 0 Å². The number of carbonyl (C=O) groups is 2. The molecule has 0 fully saturated rings. The average molecular weight is 383 g/mol. The lowest BCUT2D eigenvalue weighted by Crippen LogP contribution is -2.47. The molecule has 0 unspecified atom stereocenters. The Labute approximate surface area is 160 Å². The van der Waals surface area contributed by atoms with E-state index in [4.69, 9.17) is 0 Å². The first-order chi connectivity index (χ1) is 13.4. The summed E-state index contributed by atoms with van der Waals surface area (Å²) < 4.78 is 27.7. The number of halogens is 2. The highest BCUT2D eigenvalue weighted by molar-refractivity contribution is 6.05. The Balaban J connectivity index is 1.84. The molecule has 1 aromatic heterocycles. The summed E-state index contributed by atoms with van der Waals surface area (Å²) in [5.41, 5.74) is 0.375. The third-order valence-corrected chi connectivity index (χ3v) is 4.32. The predicted octanol–water partition coefficient (Wildman–Crippen LogP) is 3.91. The minimum absolute atomic E-state index is 0.318. The quantitative estimate of drug-likeness (QED) is 0.702. The molecule has 0 saturated heterocycles. The second-order valence-corrected chi connectivity index (χ2v) is 6.66. The zero-order valence-electron chi connectivity index (χ0n) is 15.4. The molecule has 2 N–H and O–H groups in total. The van der Waals surface area contributed by atoms with Crippen molar-refractivity contribution < 1.29 is 18.4 Å². The van der Waals surface area contributed by atoms with E-state index in [1.165, 1.54) is 6.07 Å². The third-order valence-electron chi connectivity index (χ3n) is 4.32. The van der Waals surface area contributed by atoms with E-state index >= 15 is 0 Å². The van der Waals surface area contributed by atoms with Gasteiger partial charge < -0.3 is 10.6 Å².